The fraction of sp³-hybridized carbons (Fsp3) is 0.188. The minimum Gasteiger partial charge on any atom is -1.00 e. The molecule has 5 aromatic rings. The lowest BCUT2D eigenvalue weighted by molar-refractivity contribution is -0.726. The third kappa shape index (κ3) is 7.59. The summed E-state index contributed by atoms with van der Waals surface area (Å²) in [4.78, 5) is 39.2. The molecule has 3 amide bonds. The number of para-hydroxylation sites is 2. The van der Waals surface area contributed by atoms with Crippen molar-refractivity contribution in [2.75, 3.05) is 16.4 Å². The Morgan fingerprint density at radius 2 is 1.27 bits per heavy atom. The number of nitrogens with one attached hydrogen (secondary N) is 2. The minimum absolute atomic E-state index is 0. The van der Waals surface area contributed by atoms with E-state index in [0.717, 1.165) is 40.2 Å². The summed E-state index contributed by atoms with van der Waals surface area (Å²) in [5, 5.41) is 15.3. The zero-order chi connectivity index (χ0) is 31.4. The van der Waals surface area contributed by atoms with Gasteiger partial charge >= 0.3 is 0 Å². The van der Waals surface area contributed by atoms with Crippen molar-refractivity contribution in [1.29, 1.82) is 0 Å². The molecular weight excluding hydrogens is 612 g/mol. The van der Waals surface area contributed by atoms with Crippen LogP contribution in [0.5, 0.6) is 0 Å². The van der Waals surface area contributed by atoms with Gasteiger partial charge in [0, 0.05) is 25.1 Å². The van der Waals surface area contributed by atoms with Gasteiger partial charge in [0.15, 0.2) is 5.69 Å². The molecule has 2 aromatic carbocycles. The van der Waals surface area contributed by atoms with Gasteiger partial charge in [0.1, 0.15) is 17.2 Å². The highest BCUT2D eigenvalue weighted by molar-refractivity contribution is 7.99. The Morgan fingerprint density at radius 1 is 0.778 bits per heavy atom. The molecule has 13 heteroatoms. The molecule has 0 aliphatic carbocycles. The molecular formula is C32H33ClN8O3S. The second kappa shape index (κ2) is 14.2. The minimum atomic E-state index is -0.643. The third-order valence-corrected chi connectivity index (χ3v) is 7.90. The smallest absolute Gasteiger partial charge is 0.291 e. The van der Waals surface area contributed by atoms with E-state index in [4.69, 9.17) is 5.73 Å². The number of nitrogens with two attached hydrogens (primary N) is 1. The maximum absolute atomic E-state index is 13.4. The van der Waals surface area contributed by atoms with Crippen LogP contribution in [0.4, 0.5) is 11.6 Å². The summed E-state index contributed by atoms with van der Waals surface area (Å²) in [7, 11) is 0. The first-order valence-electron chi connectivity index (χ1n) is 13.9. The highest BCUT2D eigenvalue weighted by Gasteiger charge is 2.29. The lowest BCUT2D eigenvalue weighted by atomic mass is 10.1. The molecule has 0 radical (unpaired) electrons. The van der Waals surface area contributed by atoms with Crippen LogP contribution in [-0.2, 0) is 16.1 Å². The number of primary amides is 1. The summed E-state index contributed by atoms with van der Waals surface area (Å²) in [5.74, 6) is -0.285. The SMILES string of the molecule is Cc1cc(NC(=O)CSc2c(C(N)=O)c(C)cc(C)[n+]2CC(=O)Nc2cc(C)nn2-c2ccccc2)n(-c2ccccc2)n1.[Cl-]. The summed E-state index contributed by atoms with van der Waals surface area (Å²) in [6.45, 7) is 7.20. The summed E-state index contributed by atoms with van der Waals surface area (Å²) in [6, 6.07) is 24.3. The second-order valence-corrected chi connectivity index (χ2v) is 11.3. The molecule has 0 aliphatic rings. The zero-order valence-corrected chi connectivity index (χ0v) is 26.8. The molecule has 45 heavy (non-hydrogen) atoms. The van der Waals surface area contributed by atoms with Crippen LogP contribution in [0.25, 0.3) is 11.4 Å². The van der Waals surface area contributed by atoms with Gasteiger partial charge < -0.3 is 28.8 Å². The number of carbonyl (C=O) groups excluding carboxylic acids is 3. The van der Waals surface area contributed by atoms with Gasteiger partial charge in [0.25, 0.3) is 16.8 Å². The van der Waals surface area contributed by atoms with E-state index in [1.54, 1.807) is 39.1 Å². The molecule has 0 saturated heterocycles. The van der Waals surface area contributed by atoms with Crippen LogP contribution in [0.15, 0.2) is 83.9 Å². The third-order valence-electron chi connectivity index (χ3n) is 6.79. The molecule has 0 saturated carbocycles. The van der Waals surface area contributed by atoms with Crippen molar-refractivity contribution in [3.63, 3.8) is 0 Å². The summed E-state index contributed by atoms with van der Waals surface area (Å²) >= 11 is 1.14. The fourth-order valence-corrected chi connectivity index (χ4v) is 6.03. The highest BCUT2D eigenvalue weighted by Crippen LogP contribution is 2.24. The van der Waals surface area contributed by atoms with Crippen molar-refractivity contribution in [2.45, 2.75) is 39.3 Å². The molecule has 0 fully saturated rings. The first-order chi connectivity index (χ1) is 21.1. The van der Waals surface area contributed by atoms with Gasteiger partial charge in [-0.1, -0.05) is 36.4 Å². The maximum atomic E-state index is 13.4. The molecule has 0 unspecified atom stereocenters. The lowest BCUT2D eigenvalue weighted by Crippen LogP contribution is -3.00. The zero-order valence-electron chi connectivity index (χ0n) is 25.2. The first kappa shape index (κ1) is 33.0. The van der Waals surface area contributed by atoms with Gasteiger partial charge in [-0.2, -0.15) is 14.8 Å². The van der Waals surface area contributed by atoms with E-state index in [9.17, 15) is 14.4 Å². The summed E-state index contributed by atoms with van der Waals surface area (Å²) < 4.78 is 5.03. The monoisotopic (exact) mass is 644 g/mol. The van der Waals surface area contributed by atoms with Crippen molar-refractivity contribution in [3.05, 3.63) is 107 Å². The number of benzene rings is 2. The Morgan fingerprint density at radius 3 is 1.76 bits per heavy atom. The Hall–Kier alpha value is -4.94. The number of rotatable bonds is 10. The standard InChI is InChI=1S/C32H32N8O3S.ClH/c1-20-15-23(4)38(18-28(41)34-26-16-21(2)36-39(26)24-11-7-5-8-12-24)32(30(20)31(33)43)44-19-29(42)35-27-17-22(3)37-40(27)25-13-9-6-10-14-25;/h5-17H,18-19H2,1-4H3,(H3-,33,34,35,36,37,41,42,43);1H. The quantitative estimate of drug-likeness (QED) is 0.153. The average Bonchev–Trinajstić information content (AvgIpc) is 3.54. The number of halogens is 1. The maximum Gasteiger partial charge on any atom is 0.291 e. The van der Waals surface area contributed by atoms with Crippen LogP contribution < -0.4 is 33.3 Å². The van der Waals surface area contributed by atoms with Crippen molar-refractivity contribution in [1.82, 2.24) is 19.6 Å². The van der Waals surface area contributed by atoms with E-state index in [2.05, 4.69) is 20.8 Å². The Kier molecular flexibility index (Phi) is 10.4. The summed E-state index contributed by atoms with van der Waals surface area (Å²) in [5.41, 5.74) is 10.5. The van der Waals surface area contributed by atoms with Crippen LogP contribution in [0.1, 0.15) is 33.0 Å². The second-order valence-electron chi connectivity index (χ2n) is 10.3. The Bertz CT molecular complexity index is 1860. The molecule has 5 rings (SSSR count). The predicted octanol–water partition coefficient (Wildman–Crippen LogP) is 1.05. The molecule has 3 aromatic heterocycles. The number of hydrogen-bond acceptors (Lipinski definition) is 6. The molecule has 11 nitrogen and oxygen atoms in total. The van der Waals surface area contributed by atoms with Crippen LogP contribution in [0.2, 0.25) is 0 Å². The molecule has 0 spiro atoms. The summed E-state index contributed by atoms with van der Waals surface area (Å²) in [6.07, 6.45) is 0. The van der Waals surface area contributed by atoms with Crippen molar-refractivity contribution >= 4 is 41.1 Å². The predicted molar refractivity (Wildman–Crippen MR) is 169 cm³/mol. The number of nitrogens with zero attached hydrogens (tertiary/aromatic N) is 5. The largest absolute Gasteiger partial charge is 1.00 e. The molecule has 4 N–H and O–H groups in total. The Labute approximate surface area is 271 Å². The molecule has 3 heterocycles. The number of pyridine rings is 1. The van der Waals surface area contributed by atoms with Gasteiger partial charge in [-0.25, -0.2) is 9.36 Å². The fourth-order valence-electron chi connectivity index (χ4n) is 4.92. The molecule has 0 bridgehead atoms. The van der Waals surface area contributed by atoms with Gasteiger partial charge in [-0.05, 0) is 62.4 Å². The number of carbonyl (C=O) groups is 3. The van der Waals surface area contributed by atoms with Gasteiger partial charge in [-0.3, -0.25) is 14.4 Å². The van der Waals surface area contributed by atoms with Crippen molar-refractivity contribution < 1.29 is 31.4 Å². The van der Waals surface area contributed by atoms with E-state index in [1.165, 1.54) is 0 Å². The van der Waals surface area contributed by atoms with Crippen molar-refractivity contribution in [3.8, 4) is 11.4 Å². The number of anilines is 2. The highest BCUT2D eigenvalue weighted by atomic mass is 35.5. The van der Waals surface area contributed by atoms with E-state index in [-0.39, 0.29) is 42.1 Å². The molecule has 0 aliphatic heterocycles. The van der Waals surface area contributed by atoms with Crippen LogP contribution >= 0.6 is 11.8 Å². The van der Waals surface area contributed by atoms with E-state index in [1.807, 2.05) is 81.4 Å². The van der Waals surface area contributed by atoms with Gasteiger partial charge in [-0.15, -0.1) is 0 Å². The topological polar surface area (TPSA) is 141 Å². The van der Waals surface area contributed by atoms with E-state index >= 15 is 0 Å². The van der Waals surface area contributed by atoms with Crippen LogP contribution in [-0.4, -0.2) is 43.0 Å². The average molecular weight is 645 g/mol. The number of amides is 3. The van der Waals surface area contributed by atoms with Gasteiger partial charge in [0.05, 0.1) is 28.5 Å². The molecule has 232 valence electrons. The van der Waals surface area contributed by atoms with E-state index in [0.29, 0.717) is 22.2 Å². The van der Waals surface area contributed by atoms with Crippen LogP contribution in [0.3, 0.4) is 0 Å². The van der Waals surface area contributed by atoms with Crippen molar-refractivity contribution in [2.24, 2.45) is 5.73 Å². The molecule has 0 atom stereocenters. The first-order valence-corrected chi connectivity index (χ1v) is 14.9. The Balaban J connectivity index is 0.00000461. The normalized spacial score (nSPS) is 10.7. The van der Waals surface area contributed by atoms with E-state index < -0.39 is 5.91 Å². The van der Waals surface area contributed by atoms with Gasteiger partial charge in [0.2, 0.25) is 12.5 Å². The number of thioether (sulfide) groups is 1. The van der Waals surface area contributed by atoms with Crippen LogP contribution in [0, 0.1) is 27.7 Å². The number of aryl methyl sites for hydroxylation is 4. The number of aromatic nitrogens is 5. The number of hydrogen-bond donors (Lipinski definition) is 3. The lowest BCUT2D eigenvalue weighted by Gasteiger charge is -2.13.